The fraction of sp³-hybridized carbons (Fsp3) is 0.294. The lowest BCUT2D eigenvalue weighted by molar-refractivity contribution is 0.440. The van der Waals surface area contributed by atoms with Crippen molar-refractivity contribution in [3.63, 3.8) is 0 Å². The standard InChI is InChI=1S/C17H21FN2/c1-17(13-19,12-14-8-6-7-11-16(14)18)20(2)15-9-4-3-5-10-15/h3-11H,12-13,19H2,1-2H3. The number of nitrogens with two attached hydrogens (primary N) is 1. The number of nitrogens with zero attached hydrogens (tertiary/aromatic N) is 1. The predicted octanol–water partition coefficient (Wildman–Crippen LogP) is 3.22. The molecule has 2 nitrogen and oxygen atoms in total. The lowest BCUT2D eigenvalue weighted by Crippen LogP contribution is -2.51. The zero-order chi connectivity index (χ0) is 14.6. The minimum Gasteiger partial charge on any atom is -0.368 e. The zero-order valence-corrected chi connectivity index (χ0v) is 12.0. The molecule has 20 heavy (non-hydrogen) atoms. The number of hydrogen-bond donors (Lipinski definition) is 1. The Bertz CT molecular complexity index is 556. The molecule has 0 aliphatic rings. The van der Waals surface area contributed by atoms with Crippen LogP contribution in [0.5, 0.6) is 0 Å². The number of benzene rings is 2. The Hall–Kier alpha value is -1.87. The Labute approximate surface area is 120 Å². The highest BCUT2D eigenvalue weighted by Gasteiger charge is 2.29. The molecule has 2 N–H and O–H groups in total. The second-order valence-corrected chi connectivity index (χ2v) is 5.36. The molecule has 0 saturated carbocycles. The summed E-state index contributed by atoms with van der Waals surface area (Å²) in [6.45, 7) is 2.51. The molecule has 0 aliphatic carbocycles. The van der Waals surface area contributed by atoms with Gasteiger partial charge >= 0.3 is 0 Å². The molecule has 0 amide bonds. The normalized spacial score (nSPS) is 13.8. The van der Waals surface area contributed by atoms with Crippen LogP contribution in [0.1, 0.15) is 12.5 Å². The van der Waals surface area contributed by atoms with Gasteiger partial charge in [0.15, 0.2) is 0 Å². The summed E-state index contributed by atoms with van der Waals surface area (Å²) >= 11 is 0. The van der Waals surface area contributed by atoms with Crippen molar-refractivity contribution >= 4 is 5.69 Å². The first-order chi connectivity index (χ1) is 9.57. The summed E-state index contributed by atoms with van der Waals surface area (Å²) in [5, 5.41) is 0. The summed E-state index contributed by atoms with van der Waals surface area (Å²) in [6, 6.07) is 16.9. The number of hydrogen-bond acceptors (Lipinski definition) is 2. The van der Waals surface area contributed by atoms with Gasteiger partial charge in [0.1, 0.15) is 5.82 Å². The molecule has 0 bridgehead atoms. The second kappa shape index (κ2) is 6.06. The molecular formula is C17H21FN2. The quantitative estimate of drug-likeness (QED) is 0.905. The predicted molar refractivity (Wildman–Crippen MR) is 82.4 cm³/mol. The van der Waals surface area contributed by atoms with E-state index >= 15 is 0 Å². The molecule has 2 rings (SSSR count). The first-order valence-electron chi connectivity index (χ1n) is 6.79. The van der Waals surface area contributed by atoms with Gasteiger partial charge in [-0.25, -0.2) is 4.39 Å². The van der Waals surface area contributed by atoms with Gasteiger partial charge in [-0.2, -0.15) is 0 Å². The second-order valence-electron chi connectivity index (χ2n) is 5.36. The van der Waals surface area contributed by atoms with Crippen LogP contribution in [0.4, 0.5) is 10.1 Å². The van der Waals surface area contributed by atoms with E-state index < -0.39 is 0 Å². The largest absolute Gasteiger partial charge is 0.368 e. The van der Waals surface area contributed by atoms with E-state index in [9.17, 15) is 4.39 Å². The van der Waals surface area contributed by atoms with Crippen molar-refractivity contribution < 1.29 is 4.39 Å². The van der Waals surface area contributed by atoms with Gasteiger partial charge in [-0.15, -0.1) is 0 Å². The maximum Gasteiger partial charge on any atom is 0.126 e. The number of para-hydroxylation sites is 1. The average molecular weight is 272 g/mol. The van der Waals surface area contributed by atoms with E-state index in [1.54, 1.807) is 6.07 Å². The molecule has 106 valence electrons. The maximum absolute atomic E-state index is 13.9. The van der Waals surface area contributed by atoms with Crippen molar-refractivity contribution in [1.29, 1.82) is 0 Å². The van der Waals surface area contributed by atoms with Crippen molar-refractivity contribution in [3.05, 3.63) is 66.0 Å². The lowest BCUT2D eigenvalue weighted by Gasteiger charge is -2.40. The lowest BCUT2D eigenvalue weighted by atomic mass is 9.90. The van der Waals surface area contributed by atoms with E-state index in [4.69, 9.17) is 5.73 Å². The molecule has 0 radical (unpaired) electrons. The molecule has 0 saturated heterocycles. The van der Waals surface area contributed by atoms with Crippen LogP contribution in [0.2, 0.25) is 0 Å². The summed E-state index contributed by atoms with van der Waals surface area (Å²) in [4.78, 5) is 2.12. The Balaban J connectivity index is 2.27. The summed E-state index contributed by atoms with van der Waals surface area (Å²) in [5.74, 6) is -0.173. The smallest absolute Gasteiger partial charge is 0.126 e. The number of likely N-dealkylation sites (N-methyl/N-ethyl adjacent to an activating group) is 1. The first kappa shape index (κ1) is 14.5. The highest BCUT2D eigenvalue weighted by Crippen LogP contribution is 2.26. The minimum atomic E-state index is -0.330. The molecule has 1 atom stereocenters. The van der Waals surface area contributed by atoms with Gasteiger partial charge in [0.05, 0.1) is 5.54 Å². The van der Waals surface area contributed by atoms with Gasteiger partial charge < -0.3 is 10.6 Å². The molecule has 0 aliphatic heterocycles. The minimum absolute atomic E-state index is 0.173. The molecule has 2 aromatic carbocycles. The summed E-state index contributed by atoms with van der Waals surface area (Å²) in [6.07, 6.45) is 0.571. The SMILES string of the molecule is CN(c1ccccc1)C(C)(CN)Cc1ccccc1F. The highest BCUT2D eigenvalue weighted by molar-refractivity contribution is 5.48. The van der Waals surface area contributed by atoms with Gasteiger partial charge in [0.25, 0.3) is 0 Å². The van der Waals surface area contributed by atoms with Crippen molar-refractivity contribution in [2.24, 2.45) is 5.73 Å². The molecule has 0 fully saturated rings. The maximum atomic E-state index is 13.9. The van der Waals surface area contributed by atoms with Gasteiger partial charge in [-0.1, -0.05) is 36.4 Å². The summed E-state index contributed by atoms with van der Waals surface area (Å²) in [5.41, 5.74) is 7.43. The van der Waals surface area contributed by atoms with E-state index in [0.717, 1.165) is 5.69 Å². The molecule has 0 spiro atoms. The highest BCUT2D eigenvalue weighted by atomic mass is 19.1. The van der Waals surface area contributed by atoms with Crippen LogP contribution in [0.15, 0.2) is 54.6 Å². The van der Waals surface area contributed by atoms with E-state index in [0.29, 0.717) is 18.5 Å². The zero-order valence-electron chi connectivity index (χ0n) is 12.0. The fourth-order valence-corrected chi connectivity index (χ4v) is 2.34. The molecular weight excluding hydrogens is 251 g/mol. The van der Waals surface area contributed by atoms with Crippen LogP contribution in [0.3, 0.4) is 0 Å². The third kappa shape index (κ3) is 2.99. The topological polar surface area (TPSA) is 29.3 Å². The van der Waals surface area contributed by atoms with Crippen molar-refractivity contribution in [1.82, 2.24) is 0 Å². The van der Waals surface area contributed by atoms with Gasteiger partial charge in [-0.05, 0) is 37.1 Å². The summed E-state index contributed by atoms with van der Waals surface area (Å²) in [7, 11) is 2.00. The molecule has 3 heteroatoms. The third-order valence-electron chi connectivity index (χ3n) is 3.92. The van der Waals surface area contributed by atoms with Crippen molar-refractivity contribution in [2.75, 3.05) is 18.5 Å². The van der Waals surface area contributed by atoms with Gasteiger partial charge in [-0.3, -0.25) is 0 Å². The van der Waals surface area contributed by atoms with Crippen LogP contribution < -0.4 is 10.6 Å². The average Bonchev–Trinajstić information content (AvgIpc) is 2.49. The fourth-order valence-electron chi connectivity index (χ4n) is 2.34. The van der Waals surface area contributed by atoms with Crippen molar-refractivity contribution in [2.45, 2.75) is 18.9 Å². The molecule has 0 aromatic heterocycles. The van der Waals surface area contributed by atoms with E-state index in [1.807, 2.05) is 49.5 Å². The Kier molecular flexibility index (Phi) is 4.40. The monoisotopic (exact) mass is 272 g/mol. The van der Waals surface area contributed by atoms with E-state index in [2.05, 4.69) is 11.8 Å². The number of rotatable bonds is 5. The number of halogens is 1. The van der Waals surface area contributed by atoms with Crippen LogP contribution in [-0.2, 0) is 6.42 Å². The van der Waals surface area contributed by atoms with Crippen molar-refractivity contribution in [3.8, 4) is 0 Å². The van der Waals surface area contributed by atoms with E-state index in [-0.39, 0.29) is 11.4 Å². The Morgan fingerprint density at radius 1 is 1.05 bits per heavy atom. The van der Waals surface area contributed by atoms with Crippen LogP contribution in [0, 0.1) is 5.82 Å². The Morgan fingerprint density at radius 2 is 1.65 bits per heavy atom. The van der Waals surface area contributed by atoms with Gasteiger partial charge in [0.2, 0.25) is 0 Å². The first-order valence-corrected chi connectivity index (χ1v) is 6.79. The van der Waals surface area contributed by atoms with E-state index in [1.165, 1.54) is 6.07 Å². The molecule has 0 heterocycles. The Morgan fingerprint density at radius 3 is 2.25 bits per heavy atom. The molecule has 1 unspecified atom stereocenters. The van der Waals surface area contributed by atoms with Crippen LogP contribution in [-0.4, -0.2) is 19.1 Å². The van der Waals surface area contributed by atoms with Crippen LogP contribution in [0.25, 0.3) is 0 Å². The van der Waals surface area contributed by atoms with Crippen LogP contribution >= 0.6 is 0 Å². The van der Waals surface area contributed by atoms with Gasteiger partial charge in [0, 0.05) is 19.3 Å². The summed E-state index contributed by atoms with van der Waals surface area (Å²) < 4.78 is 13.9. The third-order valence-corrected chi connectivity index (χ3v) is 3.92. The molecule has 2 aromatic rings. The number of anilines is 1.